The van der Waals surface area contributed by atoms with Gasteiger partial charge in [-0.2, -0.15) is 4.31 Å². The lowest BCUT2D eigenvalue weighted by molar-refractivity contribution is -0.180. The highest BCUT2D eigenvalue weighted by molar-refractivity contribution is 7.89. The molecule has 1 unspecified atom stereocenters. The summed E-state index contributed by atoms with van der Waals surface area (Å²) < 4.78 is 43.8. The molecule has 0 radical (unpaired) electrons. The van der Waals surface area contributed by atoms with Crippen molar-refractivity contribution in [3.63, 3.8) is 0 Å². The Hall–Kier alpha value is -1.16. The molecule has 2 aliphatic rings. The van der Waals surface area contributed by atoms with Crippen molar-refractivity contribution in [3.05, 3.63) is 5.76 Å². The first kappa shape index (κ1) is 15.7. The lowest BCUT2D eigenvalue weighted by atomic mass is 9.97. The van der Waals surface area contributed by atoms with E-state index in [1.807, 2.05) is 13.8 Å². The molecule has 8 nitrogen and oxygen atoms in total. The highest BCUT2D eigenvalue weighted by atomic mass is 32.2. The minimum atomic E-state index is -3.80. The van der Waals surface area contributed by atoms with Crippen molar-refractivity contribution in [1.29, 1.82) is 0 Å². The molecule has 9 heteroatoms. The lowest BCUT2D eigenvalue weighted by Crippen LogP contribution is -2.61. The largest absolute Gasteiger partial charge is 0.380 e. The molecule has 3 heterocycles. The van der Waals surface area contributed by atoms with Gasteiger partial charge in [-0.3, -0.25) is 0 Å². The Kier molecular flexibility index (Phi) is 3.52. The number of nitrogen functional groups attached to an aromatic ring is 1. The van der Waals surface area contributed by atoms with Gasteiger partial charge in [0.1, 0.15) is 5.60 Å². The Morgan fingerprint density at radius 1 is 1.32 bits per heavy atom. The molecule has 3 rings (SSSR count). The summed E-state index contributed by atoms with van der Waals surface area (Å²) in [4.78, 5) is -0.0562. The summed E-state index contributed by atoms with van der Waals surface area (Å²) in [7, 11) is -3.80. The van der Waals surface area contributed by atoms with Gasteiger partial charge in [0.25, 0.3) is 10.0 Å². The maximum absolute atomic E-state index is 13.0. The Balaban J connectivity index is 1.99. The predicted octanol–water partition coefficient (Wildman–Crippen LogP) is 0.524. The van der Waals surface area contributed by atoms with Gasteiger partial charge in [-0.05, 0) is 20.8 Å². The topological polar surface area (TPSA) is 108 Å². The van der Waals surface area contributed by atoms with Crippen molar-refractivity contribution in [2.45, 2.75) is 43.3 Å². The van der Waals surface area contributed by atoms with Gasteiger partial charge >= 0.3 is 0 Å². The first-order valence-electron chi connectivity index (χ1n) is 7.15. The van der Waals surface area contributed by atoms with Crippen molar-refractivity contribution in [2.24, 2.45) is 0 Å². The summed E-state index contributed by atoms with van der Waals surface area (Å²) >= 11 is 0. The van der Waals surface area contributed by atoms with E-state index in [1.165, 1.54) is 11.2 Å². The first-order valence-corrected chi connectivity index (χ1v) is 8.59. The fourth-order valence-corrected chi connectivity index (χ4v) is 5.09. The minimum absolute atomic E-state index is 0.0562. The monoisotopic (exact) mass is 331 g/mol. The van der Waals surface area contributed by atoms with Crippen molar-refractivity contribution < 1.29 is 22.4 Å². The highest BCUT2D eigenvalue weighted by Crippen LogP contribution is 2.38. The van der Waals surface area contributed by atoms with Gasteiger partial charge in [0.15, 0.2) is 16.5 Å². The number of morpholine rings is 1. The smallest absolute Gasteiger partial charge is 0.250 e. The number of anilines is 1. The Morgan fingerprint density at radius 2 is 2.05 bits per heavy atom. The fourth-order valence-electron chi connectivity index (χ4n) is 3.24. The van der Waals surface area contributed by atoms with Crippen LogP contribution < -0.4 is 5.73 Å². The number of ether oxygens (including phenoxy) is 2. The summed E-state index contributed by atoms with van der Waals surface area (Å²) in [6.45, 7) is 6.72. The van der Waals surface area contributed by atoms with Gasteiger partial charge in [0, 0.05) is 26.1 Å². The molecule has 1 aromatic heterocycles. The van der Waals surface area contributed by atoms with Crippen molar-refractivity contribution in [2.75, 3.05) is 32.0 Å². The van der Waals surface area contributed by atoms with Crippen LogP contribution in [-0.4, -0.2) is 55.4 Å². The van der Waals surface area contributed by atoms with Gasteiger partial charge in [-0.25, -0.2) is 8.42 Å². The average molecular weight is 331 g/mol. The van der Waals surface area contributed by atoms with Gasteiger partial charge in [0.2, 0.25) is 0 Å². The second-order valence-electron chi connectivity index (χ2n) is 6.57. The number of rotatable bonds is 2. The van der Waals surface area contributed by atoms with E-state index < -0.39 is 21.2 Å². The number of nitrogens with zero attached hydrogens (tertiary/aromatic N) is 2. The molecule has 0 amide bonds. The summed E-state index contributed by atoms with van der Waals surface area (Å²) in [5.74, 6) is 0.0806. The number of nitrogens with two attached hydrogens (primary N) is 1. The second kappa shape index (κ2) is 4.92. The maximum atomic E-state index is 13.0. The predicted molar refractivity (Wildman–Crippen MR) is 77.7 cm³/mol. The van der Waals surface area contributed by atoms with E-state index in [-0.39, 0.29) is 29.6 Å². The first-order chi connectivity index (χ1) is 10.2. The van der Waals surface area contributed by atoms with Crippen molar-refractivity contribution in [3.8, 4) is 0 Å². The van der Waals surface area contributed by atoms with Crippen LogP contribution in [0.25, 0.3) is 0 Å². The molecule has 1 spiro atoms. The van der Waals surface area contributed by atoms with Gasteiger partial charge in [-0.15, -0.1) is 0 Å². The normalized spacial score (nSPS) is 29.2. The zero-order chi connectivity index (χ0) is 16.2. The molecule has 2 fully saturated rings. The van der Waals surface area contributed by atoms with Gasteiger partial charge in [-0.1, -0.05) is 5.16 Å². The Morgan fingerprint density at radius 3 is 2.59 bits per heavy atom. The highest BCUT2D eigenvalue weighted by Gasteiger charge is 2.50. The molecule has 22 heavy (non-hydrogen) atoms. The number of aryl methyl sites for hydroxylation is 1. The van der Waals surface area contributed by atoms with Crippen LogP contribution in [0.1, 0.15) is 26.0 Å². The zero-order valence-electron chi connectivity index (χ0n) is 13.0. The number of aromatic nitrogens is 1. The molecule has 0 aliphatic carbocycles. The molecule has 2 saturated heterocycles. The van der Waals surface area contributed by atoms with Crippen LogP contribution in [0.5, 0.6) is 0 Å². The van der Waals surface area contributed by atoms with Crippen LogP contribution >= 0.6 is 0 Å². The molecular formula is C13H21N3O5S. The number of hydrogen-bond donors (Lipinski definition) is 1. The molecule has 0 aromatic carbocycles. The summed E-state index contributed by atoms with van der Waals surface area (Å²) in [5, 5.41) is 3.54. The number of sulfonamides is 1. The molecule has 2 N–H and O–H groups in total. The third-order valence-corrected chi connectivity index (χ3v) is 5.96. The van der Waals surface area contributed by atoms with Gasteiger partial charge < -0.3 is 19.7 Å². The summed E-state index contributed by atoms with van der Waals surface area (Å²) in [6, 6.07) is 0. The van der Waals surface area contributed by atoms with E-state index in [4.69, 9.17) is 19.7 Å². The summed E-state index contributed by atoms with van der Waals surface area (Å²) in [6.07, 6.45) is 0.667. The van der Waals surface area contributed by atoms with Crippen LogP contribution in [-0.2, 0) is 19.5 Å². The molecular weight excluding hydrogens is 310 g/mol. The third-order valence-electron chi connectivity index (χ3n) is 4.01. The SMILES string of the molecule is Cc1onc(N)c1S(=O)(=O)N1CC(C)(C)OC2(CCOC2)C1. The van der Waals surface area contributed by atoms with Crippen LogP contribution in [0.15, 0.2) is 9.42 Å². The minimum Gasteiger partial charge on any atom is -0.380 e. The van der Waals surface area contributed by atoms with E-state index in [0.29, 0.717) is 19.6 Å². The molecule has 0 saturated carbocycles. The van der Waals surface area contributed by atoms with E-state index in [2.05, 4.69) is 5.16 Å². The Bertz CT molecular complexity index is 656. The molecule has 0 bridgehead atoms. The van der Waals surface area contributed by atoms with Crippen molar-refractivity contribution >= 4 is 15.8 Å². The number of hydrogen-bond acceptors (Lipinski definition) is 7. The van der Waals surface area contributed by atoms with Gasteiger partial charge in [0.05, 0.1) is 12.2 Å². The van der Waals surface area contributed by atoms with E-state index >= 15 is 0 Å². The standard InChI is InChI=1S/C13H21N3O5S/c1-9-10(11(14)15-20-9)22(17,18)16-6-12(2,3)21-13(7-16)4-5-19-8-13/h4-8H2,1-3H3,(H2,14,15). The van der Waals surface area contributed by atoms with E-state index in [9.17, 15) is 8.42 Å². The molecule has 2 aliphatic heterocycles. The molecule has 124 valence electrons. The molecule has 1 atom stereocenters. The lowest BCUT2D eigenvalue weighted by Gasteiger charge is -2.47. The summed E-state index contributed by atoms with van der Waals surface area (Å²) in [5.41, 5.74) is 4.47. The Labute approximate surface area is 129 Å². The van der Waals surface area contributed by atoms with Crippen LogP contribution in [0.4, 0.5) is 5.82 Å². The van der Waals surface area contributed by atoms with E-state index in [1.54, 1.807) is 0 Å². The van der Waals surface area contributed by atoms with E-state index in [0.717, 1.165) is 0 Å². The molecule has 1 aromatic rings. The average Bonchev–Trinajstić information content (AvgIpc) is 2.95. The van der Waals surface area contributed by atoms with Crippen LogP contribution in [0, 0.1) is 6.92 Å². The van der Waals surface area contributed by atoms with Crippen LogP contribution in [0.2, 0.25) is 0 Å². The maximum Gasteiger partial charge on any atom is 0.250 e. The quantitative estimate of drug-likeness (QED) is 0.841. The van der Waals surface area contributed by atoms with Crippen LogP contribution in [0.3, 0.4) is 0 Å². The zero-order valence-corrected chi connectivity index (χ0v) is 13.8. The third kappa shape index (κ3) is 2.51. The second-order valence-corrected chi connectivity index (χ2v) is 8.45. The van der Waals surface area contributed by atoms with Crippen molar-refractivity contribution in [1.82, 2.24) is 9.46 Å². The fraction of sp³-hybridized carbons (Fsp3) is 0.769.